The highest BCUT2D eigenvalue weighted by atomic mass is 19.3. The molecule has 6 heteroatoms. The van der Waals surface area contributed by atoms with Gasteiger partial charge in [0.2, 0.25) is 6.43 Å². The van der Waals surface area contributed by atoms with E-state index in [-0.39, 0.29) is 11.1 Å². The monoisotopic (exact) mass is 322 g/mol. The van der Waals surface area contributed by atoms with Crippen molar-refractivity contribution in [3.63, 3.8) is 0 Å². The summed E-state index contributed by atoms with van der Waals surface area (Å²) in [4.78, 5) is 23.2. The molecule has 0 N–H and O–H groups in total. The number of hydrogen-bond acceptors (Lipinski definition) is 4. The molecule has 1 aromatic rings. The maximum Gasteiger partial charge on any atom is 0.347 e. The maximum atomic E-state index is 12.6. The zero-order chi connectivity index (χ0) is 17.0. The molecule has 122 valence electrons. The summed E-state index contributed by atoms with van der Waals surface area (Å²) in [6, 6.07) is 6.30. The van der Waals surface area contributed by atoms with E-state index in [1.807, 2.05) is 19.9 Å². The zero-order valence-electron chi connectivity index (χ0n) is 12.8. The molecule has 2 rings (SSSR count). The number of carbonyl (C=O) groups excluding carboxylic acids is 2. The van der Waals surface area contributed by atoms with Gasteiger partial charge in [-0.2, -0.15) is 0 Å². The number of carbonyl (C=O) groups is 2. The van der Waals surface area contributed by atoms with Crippen molar-refractivity contribution in [2.24, 2.45) is 0 Å². The number of cyclic esters (lactones) is 2. The van der Waals surface area contributed by atoms with E-state index >= 15 is 0 Å². The van der Waals surface area contributed by atoms with Gasteiger partial charge in [0, 0.05) is 6.42 Å². The van der Waals surface area contributed by atoms with Gasteiger partial charge < -0.3 is 9.47 Å². The summed E-state index contributed by atoms with van der Waals surface area (Å²) in [5, 5.41) is 0. The topological polar surface area (TPSA) is 52.6 Å². The van der Waals surface area contributed by atoms with Crippen LogP contribution in [-0.4, -0.2) is 25.0 Å². The predicted octanol–water partition coefficient (Wildman–Crippen LogP) is 3.52. The minimum atomic E-state index is -2.73. The second-order valence-electron chi connectivity index (χ2n) is 5.24. The van der Waals surface area contributed by atoms with Gasteiger partial charge in [0.25, 0.3) is 0 Å². The molecule has 0 fully saturated rings. The van der Waals surface area contributed by atoms with E-state index in [2.05, 4.69) is 4.74 Å². The SMILES string of the molecule is CC(C)=CCOc1ccc(C2=C(CC(F)F)C(=O)OC2=O)cc1. The normalized spacial score (nSPS) is 14.3. The number of esters is 2. The van der Waals surface area contributed by atoms with Crippen molar-refractivity contribution in [3.05, 3.63) is 47.1 Å². The van der Waals surface area contributed by atoms with Crippen LogP contribution < -0.4 is 4.74 Å². The summed E-state index contributed by atoms with van der Waals surface area (Å²) < 4.78 is 35.0. The fourth-order valence-corrected chi connectivity index (χ4v) is 2.08. The van der Waals surface area contributed by atoms with Gasteiger partial charge in [0.05, 0.1) is 11.1 Å². The van der Waals surface area contributed by atoms with Gasteiger partial charge in [0.1, 0.15) is 12.4 Å². The van der Waals surface area contributed by atoms with Crippen molar-refractivity contribution in [2.45, 2.75) is 26.7 Å². The molecule has 0 amide bonds. The van der Waals surface area contributed by atoms with E-state index in [4.69, 9.17) is 4.74 Å². The minimum absolute atomic E-state index is 0.105. The number of allylic oxidation sites excluding steroid dienone is 1. The van der Waals surface area contributed by atoms with Crippen molar-refractivity contribution in [1.29, 1.82) is 0 Å². The largest absolute Gasteiger partial charge is 0.490 e. The molecule has 1 aliphatic heterocycles. The van der Waals surface area contributed by atoms with Crippen molar-refractivity contribution < 1.29 is 27.8 Å². The summed E-state index contributed by atoms with van der Waals surface area (Å²) in [5.41, 5.74) is 1.08. The Balaban J connectivity index is 2.22. The Hall–Kier alpha value is -2.50. The maximum absolute atomic E-state index is 12.6. The molecular weight excluding hydrogens is 306 g/mol. The Morgan fingerprint density at radius 3 is 2.39 bits per heavy atom. The standard InChI is InChI=1S/C17H16F2O4/c1-10(2)7-8-22-12-5-3-11(4-6-12)15-13(9-14(18)19)16(20)23-17(15)21/h3-7,14H,8-9H2,1-2H3. The van der Waals surface area contributed by atoms with Crippen LogP contribution in [0.15, 0.2) is 41.5 Å². The van der Waals surface area contributed by atoms with Crippen molar-refractivity contribution in [1.82, 2.24) is 0 Å². The molecule has 0 unspecified atom stereocenters. The van der Waals surface area contributed by atoms with Gasteiger partial charge in [-0.3, -0.25) is 0 Å². The van der Waals surface area contributed by atoms with Crippen LogP contribution in [0.4, 0.5) is 8.78 Å². The van der Waals surface area contributed by atoms with Gasteiger partial charge in [-0.25, -0.2) is 18.4 Å². The fraction of sp³-hybridized carbons (Fsp3) is 0.294. The lowest BCUT2D eigenvalue weighted by Crippen LogP contribution is -2.04. The van der Waals surface area contributed by atoms with Gasteiger partial charge >= 0.3 is 11.9 Å². The molecule has 0 aromatic heterocycles. The number of benzene rings is 1. The highest BCUT2D eigenvalue weighted by Crippen LogP contribution is 2.31. The van der Waals surface area contributed by atoms with Crippen molar-refractivity contribution in [2.75, 3.05) is 6.61 Å². The van der Waals surface area contributed by atoms with Gasteiger partial charge in [-0.15, -0.1) is 0 Å². The molecule has 4 nitrogen and oxygen atoms in total. The molecule has 1 heterocycles. The Labute approximate surface area is 132 Å². The minimum Gasteiger partial charge on any atom is -0.490 e. The summed E-state index contributed by atoms with van der Waals surface area (Å²) in [6.45, 7) is 4.31. The summed E-state index contributed by atoms with van der Waals surface area (Å²) in [5.74, 6) is -1.34. The van der Waals surface area contributed by atoms with E-state index in [0.717, 1.165) is 5.57 Å². The van der Waals surface area contributed by atoms with Crippen LogP contribution in [0.1, 0.15) is 25.8 Å². The average Bonchev–Trinajstić information content (AvgIpc) is 2.73. The lowest BCUT2D eigenvalue weighted by Gasteiger charge is -2.06. The molecule has 0 atom stereocenters. The third-order valence-corrected chi connectivity index (χ3v) is 3.18. The number of rotatable bonds is 6. The van der Waals surface area contributed by atoms with Crippen molar-refractivity contribution in [3.8, 4) is 5.75 Å². The molecule has 0 bridgehead atoms. The highest BCUT2D eigenvalue weighted by molar-refractivity contribution is 6.30. The predicted molar refractivity (Wildman–Crippen MR) is 80.0 cm³/mol. The first-order valence-corrected chi connectivity index (χ1v) is 7.03. The van der Waals surface area contributed by atoms with Gasteiger partial charge in [-0.05, 0) is 37.6 Å². The third kappa shape index (κ3) is 4.25. The second kappa shape index (κ2) is 7.17. The van der Waals surface area contributed by atoms with E-state index < -0.39 is 24.8 Å². The zero-order valence-corrected chi connectivity index (χ0v) is 12.8. The van der Waals surface area contributed by atoms with E-state index in [9.17, 15) is 18.4 Å². The number of ether oxygens (including phenoxy) is 2. The Morgan fingerprint density at radius 1 is 1.17 bits per heavy atom. The van der Waals surface area contributed by atoms with Crippen LogP contribution in [0, 0.1) is 0 Å². The first kappa shape index (κ1) is 16.9. The first-order chi connectivity index (χ1) is 10.9. The molecule has 0 radical (unpaired) electrons. The lowest BCUT2D eigenvalue weighted by atomic mass is 9.99. The van der Waals surface area contributed by atoms with Crippen LogP contribution in [-0.2, 0) is 14.3 Å². The lowest BCUT2D eigenvalue weighted by molar-refractivity contribution is -0.150. The van der Waals surface area contributed by atoms with Crippen LogP contribution in [0.3, 0.4) is 0 Å². The first-order valence-electron chi connectivity index (χ1n) is 7.03. The van der Waals surface area contributed by atoms with E-state index in [1.54, 1.807) is 24.3 Å². The van der Waals surface area contributed by atoms with Gasteiger partial charge in [-0.1, -0.05) is 17.7 Å². The smallest absolute Gasteiger partial charge is 0.347 e. The number of hydrogen-bond donors (Lipinski definition) is 0. The summed E-state index contributed by atoms with van der Waals surface area (Å²) >= 11 is 0. The van der Waals surface area contributed by atoms with Crippen LogP contribution in [0.5, 0.6) is 5.75 Å². The summed E-state index contributed by atoms with van der Waals surface area (Å²) in [7, 11) is 0. The fourth-order valence-electron chi connectivity index (χ4n) is 2.08. The average molecular weight is 322 g/mol. The molecule has 23 heavy (non-hydrogen) atoms. The number of halogens is 2. The Bertz CT molecular complexity index is 668. The van der Waals surface area contributed by atoms with Crippen molar-refractivity contribution >= 4 is 17.5 Å². The molecule has 1 aliphatic rings. The van der Waals surface area contributed by atoms with E-state index in [1.165, 1.54) is 0 Å². The molecular formula is C17H16F2O4. The Kier molecular flexibility index (Phi) is 5.26. The van der Waals surface area contributed by atoms with Crippen LogP contribution >= 0.6 is 0 Å². The molecule has 0 saturated carbocycles. The summed E-state index contributed by atoms with van der Waals surface area (Å²) in [6.07, 6.45) is -1.63. The van der Waals surface area contributed by atoms with Crippen LogP contribution in [0.2, 0.25) is 0 Å². The third-order valence-electron chi connectivity index (χ3n) is 3.18. The number of alkyl halides is 2. The molecule has 0 saturated heterocycles. The quantitative estimate of drug-likeness (QED) is 0.457. The molecule has 0 aliphatic carbocycles. The van der Waals surface area contributed by atoms with Crippen LogP contribution in [0.25, 0.3) is 5.57 Å². The van der Waals surface area contributed by atoms with Gasteiger partial charge in [0.15, 0.2) is 0 Å². The Morgan fingerprint density at radius 2 is 1.83 bits per heavy atom. The van der Waals surface area contributed by atoms with E-state index in [0.29, 0.717) is 17.9 Å². The molecule has 0 spiro atoms. The second-order valence-corrected chi connectivity index (χ2v) is 5.24. The highest BCUT2D eigenvalue weighted by Gasteiger charge is 2.35. The molecule has 1 aromatic carbocycles.